The normalized spacial score (nSPS) is 17.5. The van der Waals surface area contributed by atoms with Gasteiger partial charge in [-0.25, -0.2) is 0 Å². The van der Waals surface area contributed by atoms with E-state index in [-0.39, 0.29) is 11.9 Å². The van der Waals surface area contributed by atoms with E-state index in [9.17, 15) is 4.79 Å². The molecule has 2 aromatic rings. The fourth-order valence-corrected chi connectivity index (χ4v) is 3.98. The van der Waals surface area contributed by atoms with Crippen molar-refractivity contribution in [3.05, 3.63) is 63.3 Å². The predicted molar refractivity (Wildman–Crippen MR) is 122 cm³/mol. The van der Waals surface area contributed by atoms with E-state index in [2.05, 4.69) is 5.32 Å². The number of halogens is 1. The molecule has 1 saturated carbocycles. The summed E-state index contributed by atoms with van der Waals surface area (Å²) in [6.45, 7) is 4.24. The van der Waals surface area contributed by atoms with Crippen molar-refractivity contribution in [2.24, 2.45) is 0 Å². The second kappa shape index (κ2) is 8.28. The van der Waals surface area contributed by atoms with E-state index >= 15 is 0 Å². The topological polar surface area (TPSA) is 50.8 Å². The van der Waals surface area contributed by atoms with Crippen molar-refractivity contribution < 1.29 is 14.3 Å². The number of ether oxygens (including phenoxy) is 2. The third-order valence-electron chi connectivity index (χ3n) is 5.24. The second-order valence-electron chi connectivity index (χ2n) is 7.63. The average Bonchev–Trinajstić information content (AvgIpc) is 3.50. The first-order valence-corrected chi connectivity index (χ1v) is 10.6. The molecule has 1 N–H and O–H groups in total. The Morgan fingerprint density at radius 3 is 2.57 bits per heavy atom. The van der Waals surface area contributed by atoms with Crippen LogP contribution >= 0.6 is 23.8 Å². The van der Waals surface area contributed by atoms with Crippen LogP contribution < -0.4 is 14.8 Å². The number of benzene rings is 2. The zero-order valence-corrected chi connectivity index (χ0v) is 18.7. The van der Waals surface area contributed by atoms with E-state index in [0.29, 0.717) is 17.4 Å². The number of thiocarbonyl (C=S) groups is 1. The molecular weight excluding hydrogens is 420 g/mol. The van der Waals surface area contributed by atoms with Crippen LogP contribution in [0.25, 0.3) is 6.08 Å². The molecule has 2 aromatic carbocycles. The Bertz CT molecular complexity index is 1040. The summed E-state index contributed by atoms with van der Waals surface area (Å²) < 4.78 is 11.5. The van der Waals surface area contributed by atoms with Crippen LogP contribution in [0.3, 0.4) is 0 Å². The summed E-state index contributed by atoms with van der Waals surface area (Å²) in [7, 11) is 1.63. The third-order valence-corrected chi connectivity index (χ3v) is 6.14. The van der Waals surface area contributed by atoms with Gasteiger partial charge in [0.2, 0.25) is 0 Å². The van der Waals surface area contributed by atoms with E-state index in [1.807, 2.05) is 50.3 Å². The maximum Gasteiger partial charge on any atom is 0.276 e. The van der Waals surface area contributed by atoms with Crippen molar-refractivity contribution >= 4 is 40.9 Å². The van der Waals surface area contributed by atoms with Gasteiger partial charge in [-0.15, -0.1) is 0 Å². The molecule has 1 saturated heterocycles. The molecule has 0 bridgehead atoms. The molecule has 30 heavy (non-hydrogen) atoms. The predicted octanol–water partition coefficient (Wildman–Crippen LogP) is 4.76. The van der Waals surface area contributed by atoms with Crippen molar-refractivity contribution in [3.8, 4) is 11.5 Å². The SMILES string of the molecule is COc1ccc(/C=C2\NC(=S)N(C3CC3)C2=O)cc1COc1cc(C)c(Cl)c(C)c1. The average molecular weight is 443 g/mol. The molecule has 0 aromatic heterocycles. The number of carbonyl (C=O) groups excluding carboxylic acids is 1. The summed E-state index contributed by atoms with van der Waals surface area (Å²) >= 11 is 11.6. The van der Waals surface area contributed by atoms with Crippen LogP contribution in [0, 0.1) is 13.8 Å². The summed E-state index contributed by atoms with van der Waals surface area (Å²) in [5, 5.41) is 4.28. The number of aryl methyl sites for hydroxylation is 2. The molecular formula is C23H23ClN2O3S. The summed E-state index contributed by atoms with van der Waals surface area (Å²) in [5.74, 6) is 1.40. The molecule has 0 spiro atoms. The van der Waals surface area contributed by atoms with E-state index in [1.54, 1.807) is 12.0 Å². The Morgan fingerprint density at radius 1 is 1.23 bits per heavy atom. The van der Waals surface area contributed by atoms with E-state index < -0.39 is 0 Å². The molecule has 1 heterocycles. The Morgan fingerprint density at radius 2 is 1.93 bits per heavy atom. The maximum absolute atomic E-state index is 12.7. The molecule has 5 nitrogen and oxygen atoms in total. The molecule has 7 heteroatoms. The van der Waals surface area contributed by atoms with Crippen molar-refractivity contribution in [1.82, 2.24) is 10.2 Å². The number of hydrogen-bond acceptors (Lipinski definition) is 4. The molecule has 4 rings (SSSR count). The summed E-state index contributed by atoms with van der Waals surface area (Å²) in [6.07, 6.45) is 3.83. The number of hydrogen-bond donors (Lipinski definition) is 1. The number of methoxy groups -OCH3 is 1. The minimum absolute atomic E-state index is 0.0665. The van der Waals surface area contributed by atoms with Crippen LogP contribution in [0.4, 0.5) is 0 Å². The summed E-state index contributed by atoms with van der Waals surface area (Å²) in [6, 6.07) is 9.82. The molecule has 0 atom stereocenters. The molecule has 1 amide bonds. The highest BCUT2D eigenvalue weighted by molar-refractivity contribution is 7.80. The van der Waals surface area contributed by atoms with Gasteiger partial charge in [-0.2, -0.15) is 0 Å². The molecule has 0 radical (unpaired) electrons. The first-order chi connectivity index (χ1) is 14.4. The lowest BCUT2D eigenvalue weighted by atomic mass is 10.1. The Balaban J connectivity index is 1.55. The Labute approximate surface area is 186 Å². The van der Waals surface area contributed by atoms with Gasteiger partial charge < -0.3 is 14.8 Å². The van der Waals surface area contributed by atoms with Crippen LogP contribution in [0.1, 0.15) is 35.1 Å². The zero-order valence-electron chi connectivity index (χ0n) is 17.1. The van der Waals surface area contributed by atoms with Gasteiger partial charge in [0.05, 0.1) is 7.11 Å². The van der Waals surface area contributed by atoms with Gasteiger partial charge in [0.1, 0.15) is 23.8 Å². The Kier molecular flexibility index (Phi) is 5.71. The molecule has 1 aliphatic carbocycles. The highest BCUT2D eigenvalue weighted by Gasteiger charge is 2.41. The first-order valence-electron chi connectivity index (χ1n) is 9.80. The lowest BCUT2D eigenvalue weighted by Crippen LogP contribution is -2.32. The second-order valence-corrected chi connectivity index (χ2v) is 8.39. The van der Waals surface area contributed by atoms with Crippen LogP contribution in [0.15, 0.2) is 36.0 Å². The van der Waals surface area contributed by atoms with Crippen molar-refractivity contribution in [3.63, 3.8) is 0 Å². The quantitative estimate of drug-likeness (QED) is 0.516. The number of carbonyl (C=O) groups is 1. The Hall–Kier alpha value is -2.57. The van der Waals surface area contributed by atoms with Crippen molar-refractivity contribution in [2.75, 3.05) is 7.11 Å². The van der Waals surface area contributed by atoms with Gasteiger partial charge in [-0.3, -0.25) is 9.69 Å². The van der Waals surface area contributed by atoms with Crippen LogP contribution in [-0.4, -0.2) is 29.1 Å². The number of nitrogens with one attached hydrogen (secondary N) is 1. The van der Waals surface area contributed by atoms with Gasteiger partial charge in [-0.05, 0) is 85.9 Å². The molecule has 1 aliphatic heterocycles. The molecule has 2 aliphatic rings. The zero-order chi connectivity index (χ0) is 21.4. The third kappa shape index (κ3) is 4.16. The van der Waals surface area contributed by atoms with Gasteiger partial charge in [-0.1, -0.05) is 17.7 Å². The largest absolute Gasteiger partial charge is 0.496 e. The van der Waals surface area contributed by atoms with E-state index in [0.717, 1.165) is 51.6 Å². The monoisotopic (exact) mass is 442 g/mol. The van der Waals surface area contributed by atoms with Gasteiger partial charge in [0.15, 0.2) is 5.11 Å². The molecule has 0 unspecified atom stereocenters. The molecule has 2 fully saturated rings. The lowest BCUT2D eigenvalue weighted by Gasteiger charge is -2.13. The maximum atomic E-state index is 12.7. The molecule has 156 valence electrons. The first kappa shape index (κ1) is 20.7. The number of rotatable bonds is 6. The van der Waals surface area contributed by atoms with Gasteiger partial charge in [0.25, 0.3) is 5.91 Å². The smallest absolute Gasteiger partial charge is 0.276 e. The number of nitrogens with zero attached hydrogens (tertiary/aromatic N) is 1. The fraction of sp³-hybridized carbons (Fsp3) is 0.304. The van der Waals surface area contributed by atoms with Crippen molar-refractivity contribution in [1.29, 1.82) is 0 Å². The highest BCUT2D eigenvalue weighted by Crippen LogP contribution is 2.32. The van der Waals surface area contributed by atoms with Gasteiger partial charge in [0, 0.05) is 16.6 Å². The van der Waals surface area contributed by atoms with Gasteiger partial charge >= 0.3 is 0 Å². The van der Waals surface area contributed by atoms with Crippen molar-refractivity contribution in [2.45, 2.75) is 39.3 Å². The minimum Gasteiger partial charge on any atom is -0.496 e. The van der Waals surface area contributed by atoms with Crippen LogP contribution in [0.5, 0.6) is 11.5 Å². The van der Waals surface area contributed by atoms with Crippen LogP contribution in [0.2, 0.25) is 5.02 Å². The van der Waals surface area contributed by atoms with E-state index in [1.165, 1.54) is 0 Å². The summed E-state index contributed by atoms with van der Waals surface area (Å²) in [4.78, 5) is 14.3. The number of amides is 1. The summed E-state index contributed by atoms with van der Waals surface area (Å²) in [5.41, 5.74) is 4.18. The van der Waals surface area contributed by atoms with Crippen LogP contribution in [-0.2, 0) is 11.4 Å². The lowest BCUT2D eigenvalue weighted by molar-refractivity contribution is -0.122. The standard InChI is InChI=1S/C23H23ClN2O3S/c1-13-8-18(9-14(2)21(13)24)29-12-16-10-15(4-7-20(16)28-3)11-19-22(27)26(17-5-6-17)23(30)25-19/h4,7-11,17H,5-6,12H2,1-3H3,(H,25,30)/b19-11-. The fourth-order valence-electron chi connectivity index (χ4n) is 3.53. The highest BCUT2D eigenvalue weighted by atomic mass is 35.5. The minimum atomic E-state index is -0.0665. The van der Waals surface area contributed by atoms with E-state index in [4.69, 9.17) is 33.3 Å².